The first-order valence-electron chi connectivity index (χ1n) is 8.26. The van der Waals surface area contributed by atoms with Crippen LogP contribution >= 0.6 is 0 Å². The van der Waals surface area contributed by atoms with Gasteiger partial charge in [-0.3, -0.25) is 9.97 Å². The van der Waals surface area contributed by atoms with E-state index in [2.05, 4.69) is 29.1 Å². The molecule has 2 rings (SSSR count). The minimum atomic E-state index is 0.390. The van der Waals surface area contributed by atoms with Crippen LogP contribution in [0.1, 0.15) is 69.8 Å². The lowest BCUT2D eigenvalue weighted by Crippen LogP contribution is -2.32. The minimum absolute atomic E-state index is 0.390. The second kappa shape index (κ2) is 7.72. The molecular weight excluding hydrogens is 246 g/mol. The molecule has 112 valence electrons. The summed E-state index contributed by atoms with van der Waals surface area (Å²) in [6, 6.07) is 0.390. The zero-order chi connectivity index (χ0) is 14.4. The normalized spacial score (nSPS) is 24.6. The second-order valence-electron chi connectivity index (χ2n) is 6.20. The number of rotatable bonds is 6. The van der Waals surface area contributed by atoms with E-state index in [4.69, 9.17) is 0 Å². The Kier molecular flexibility index (Phi) is 5.96. The molecule has 0 radical (unpaired) electrons. The van der Waals surface area contributed by atoms with Crippen molar-refractivity contribution >= 4 is 0 Å². The van der Waals surface area contributed by atoms with Gasteiger partial charge in [0.1, 0.15) is 0 Å². The number of nitrogens with one attached hydrogen (secondary N) is 1. The van der Waals surface area contributed by atoms with Gasteiger partial charge in [-0.05, 0) is 44.6 Å². The van der Waals surface area contributed by atoms with Crippen LogP contribution in [0.5, 0.6) is 0 Å². The molecule has 0 bridgehead atoms. The highest BCUT2D eigenvalue weighted by atomic mass is 15.0. The molecule has 0 spiro atoms. The van der Waals surface area contributed by atoms with E-state index in [1.807, 2.05) is 19.3 Å². The van der Waals surface area contributed by atoms with Crippen LogP contribution in [0, 0.1) is 18.8 Å². The molecule has 1 heterocycles. The highest BCUT2D eigenvalue weighted by Gasteiger charge is 2.28. The van der Waals surface area contributed by atoms with Gasteiger partial charge >= 0.3 is 0 Å². The Morgan fingerprint density at radius 1 is 1.15 bits per heavy atom. The zero-order valence-corrected chi connectivity index (χ0v) is 13.2. The van der Waals surface area contributed by atoms with Gasteiger partial charge in [0.2, 0.25) is 0 Å². The molecule has 1 saturated carbocycles. The number of nitrogens with zero attached hydrogens (tertiary/aromatic N) is 2. The van der Waals surface area contributed by atoms with Gasteiger partial charge in [-0.2, -0.15) is 0 Å². The molecule has 1 aromatic rings. The smallest absolute Gasteiger partial charge is 0.0759 e. The largest absolute Gasteiger partial charge is 0.308 e. The molecule has 1 atom stereocenters. The number of aromatic nitrogens is 2. The summed E-state index contributed by atoms with van der Waals surface area (Å²) < 4.78 is 0. The Morgan fingerprint density at radius 2 is 1.90 bits per heavy atom. The van der Waals surface area contributed by atoms with Crippen molar-refractivity contribution in [2.45, 2.75) is 65.3 Å². The standard InChI is InChI=1S/C17H29N3/c1-4-10-18-17(16-12-19-13(3)11-20-16)15-8-6-14(5-2)7-9-15/h11-12,14-15,17-18H,4-10H2,1-3H3. The van der Waals surface area contributed by atoms with E-state index in [1.165, 1.54) is 38.5 Å². The summed E-state index contributed by atoms with van der Waals surface area (Å²) in [7, 11) is 0. The van der Waals surface area contributed by atoms with Gasteiger partial charge in [0, 0.05) is 6.20 Å². The topological polar surface area (TPSA) is 37.8 Å². The molecule has 3 nitrogen and oxygen atoms in total. The molecule has 0 aromatic carbocycles. The highest BCUT2D eigenvalue weighted by Crippen LogP contribution is 2.37. The van der Waals surface area contributed by atoms with Gasteiger partial charge in [0.05, 0.1) is 23.6 Å². The number of hydrogen-bond acceptors (Lipinski definition) is 3. The van der Waals surface area contributed by atoms with Crippen molar-refractivity contribution < 1.29 is 0 Å². The first-order chi connectivity index (χ1) is 9.74. The van der Waals surface area contributed by atoms with Crippen molar-refractivity contribution in [3.05, 3.63) is 23.8 Å². The lowest BCUT2D eigenvalue weighted by Gasteiger charge is -2.33. The van der Waals surface area contributed by atoms with Crippen LogP contribution < -0.4 is 5.32 Å². The van der Waals surface area contributed by atoms with Crippen molar-refractivity contribution in [1.29, 1.82) is 0 Å². The fourth-order valence-electron chi connectivity index (χ4n) is 3.31. The molecule has 0 aliphatic heterocycles. The number of aryl methyl sites for hydroxylation is 1. The van der Waals surface area contributed by atoms with E-state index >= 15 is 0 Å². The van der Waals surface area contributed by atoms with E-state index in [9.17, 15) is 0 Å². The lowest BCUT2D eigenvalue weighted by atomic mass is 9.77. The van der Waals surface area contributed by atoms with Crippen LogP contribution in [0.25, 0.3) is 0 Å². The molecule has 0 saturated heterocycles. The van der Waals surface area contributed by atoms with Gasteiger partial charge in [-0.15, -0.1) is 0 Å². The molecule has 1 N–H and O–H groups in total. The first-order valence-corrected chi connectivity index (χ1v) is 8.26. The molecule has 1 fully saturated rings. The van der Waals surface area contributed by atoms with Crippen molar-refractivity contribution in [2.75, 3.05) is 6.54 Å². The predicted octanol–water partition coefficient (Wildman–Crippen LogP) is 4.04. The fourth-order valence-corrected chi connectivity index (χ4v) is 3.31. The zero-order valence-electron chi connectivity index (χ0n) is 13.2. The molecule has 1 aromatic heterocycles. The monoisotopic (exact) mass is 275 g/mol. The van der Waals surface area contributed by atoms with E-state index in [-0.39, 0.29) is 0 Å². The molecular formula is C17H29N3. The van der Waals surface area contributed by atoms with Gasteiger partial charge in [-0.1, -0.05) is 33.1 Å². The van der Waals surface area contributed by atoms with Crippen LogP contribution in [0.3, 0.4) is 0 Å². The van der Waals surface area contributed by atoms with Gasteiger partial charge in [0.25, 0.3) is 0 Å². The average Bonchev–Trinajstić information content (AvgIpc) is 2.50. The lowest BCUT2D eigenvalue weighted by molar-refractivity contribution is 0.216. The van der Waals surface area contributed by atoms with E-state index in [0.717, 1.165) is 29.8 Å². The first kappa shape index (κ1) is 15.4. The third kappa shape index (κ3) is 4.02. The van der Waals surface area contributed by atoms with Gasteiger partial charge < -0.3 is 5.32 Å². The Balaban J connectivity index is 2.05. The van der Waals surface area contributed by atoms with Crippen LogP contribution in [0.2, 0.25) is 0 Å². The Bertz CT molecular complexity index is 380. The summed E-state index contributed by atoms with van der Waals surface area (Å²) in [6.45, 7) is 7.60. The quantitative estimate of drug-likeness (QED) is 0.851. The maximum absolute atomic E-state index is 4.62. The highest BCUT2D eigenvalue weighted by molar-refractivity contribution is 5.08. The molecule has 1 aliphatic rings. The molecule has 1 unspecified atom stereocenters. The van der Waals surface area contributed by atoms with Crippen LogP contribution in [0.15, 0.2) is 12.4 Å². The van der Waals surface area contributed by atoms with Gasteiger partial charge in [-0.25, -0.2) is 0 Å². The molecule has 3 heteroatoms. The average molecular weight is 275 g/mol. The third-order valence-electron chi connectivity index (χ3n) is 4.67. The van der Waals surface area contributed by atoms with E-state index in [1.54, 1.807) is 0 Å². The Labute approximate surface area is 123 Å². The summed E-state index contributed by atoms with van der Waals surface area (Å²) in [5, 5.41) is 3.71. The van der Waals surface area contributed by atoms with Crippen LogP contribution in [0.4, 0.5) is 0 Å². The van der Waals surface area contributed by atoms with Crippen molar-refractivity contribution in [3.8, 4) is 0 Å². The van der Waals surface area contributed by atoms with E-state index in [0.29, 0.717) is 6.04 Å². The summed E-state index contributed by atoms with van der Waals surface area (Å²) in [4.78, 5) is 9.05. The van der Waals surface area contributed by atoms with E-state index < -0.39 is 0 Å². The summed E-state index contributed by atoms with van der Waals surface area (Å²) in [5.74, 6) is 1.67. The summed E-state index contributed by atoms with van der Waals surface area (Å²) in [5.41, 5.74) is 2.13. The molecule has 1 aliphatic carbocycles. The van der Waals surface area contributed by atoms with Crippen molar-refractivity contribution in [2.24, 2.45) is 11.8 Å². The number of hydrogen-bond donors (Lipinski definition) is 1. The predicted molar refractivity (Wildman–Crippen MR) is 83.5 cm³/mol. The Morgan fingerprint density at radius 3 is 2.45 bits per heavy atom. The molecule has 20 heavy (non-hydrogen) atoms. The third-order valence-corrected chi connectivity index (χ3v) is 4.67. The van der Waals surface area contributed by atoms with Crippen molar-refractivity contribution in [3.63, 3.8) is 0 Å². The Hall–Kier alpha value is -0.960. The minimum Gasteiger partial charge on any atom is -0.308 e. The summed E-state index contributed by atoms with van der Waals surface area (Å²) >= 11 is 0. The van der Waals surface area contributed by atoms with Gasteiger partial charge in [0.15, 0.2) is 0 Å². The van der Waals surface area contributed by atoms with Crippen molar-refractivity contribution in [1.82, 2.24) is 15.3 Å². The fraction of sp³-hybridized carbons (Fsp3) is 0.765. The van der Waals surface area contributed by atoms with Crippen LogP contribution in [-0.4, -0.2) is 16.5 Å². The second-order valence-corrected chi connectivity index (χ2v) is 6.20. The maximum Gasteiger partial charge on any atom is 0.0759 e. The summed E-state index contributed by atoms with van der Waals surface area (Å²) in [6.07, 6.45) is 11.8. The molecule has 0 amide bonds. The van der Waals surface area contributed by atoms with Crippen LogP contribution in [-0.2, 0) is 0 Å². The maximum atomic E-state index is 4.62. The SMILES string of the molecule is CCCNC(c1cnc(C)cn1)C1CCC(CC)CC1.